The first-order valence-corrected chi connectivity index (χ1v) is 4.46. The third-order valence-electron chi connectivity index (χ3n) is 2.43. The van der Waals surface area contributed by atoms with Crippen molar-refractivity contribution in [2.75, 3.05) is 0 Å². The summed E-state index contributed by atoms with van der Waals surface area (Å²) in [5.74, 6) is -0.532. The molecule has 1 rings (SSSR count). The number of hydrogen-bond acceptors (Lipinski definition) is 0. The summed E-state index contributed by atoms with van der Waals surface area (Å²) in [5.41, 5.74) is 0. The zero-order chi connectivity index (χ0) is 13.5. The topological polar surface area (TPSA) is 0 Å². The first-order chi connectivity index (χ1) is 7.46. The Morgan fingerprint density at radius 3 is 2.64 bits per heavy atom. The first kappa shape index (κ1) is 3.81. The summed E-state index contributed by atoms with van der Waals surface area (Å²) >= 11 is 0. The summed E-state index contributed by atoms with van der Waals surface area (Å²) in [6.07, 6.45) is -2.37. The standard InChI is InChI=1S/C11H22/c1-3-6-11-8-5-7-10(4-2)9-11/h10-11H,3-9H2,1-2H3/i3D2,4D2,6D2. The van der Waals surface area contributed by atoms with Crippen LogP contribution in [-0.2, 0) is 0 Å². The van der Waals surface area contributed by atoms with Gasteiger partial charge in [0.2, 0.25) is 0 Å². The van der Waals surface area contributed by atoms with Gasteiger partial charge in [-0.15, -0.1) is 0 Å². The van der Waals surface area contributed by atoms with E-state index in [9.17, 15) is 0 Å². The van der Waals surface area contributed by atoms with Crippen molar-refractivity contribution in [3.8, 4) is 0 Å². The molecule has 0 aromatic heterocycles. The predicted octanol–water partition coefficient (Wildman–Crippen LogP) is 4.00. The lowest BCUT2D eigenvalue weighted by Gasteiger charge is -2.28. The van der Waals surface area contributed by atoms with Crippen molar-refractivity contribution in [3.05, 3.63) is 0 Å². The van der Waals surface area contributed by atoms with Crippen molar-refractivity contribution < 1.29 is 8.22 Å². The van der Waals surface area contributed by atoms with E-state index in [1.165, 1.54) is 13.8 Å². The van der Waals surface area contributed by atoms with Crippen LogP contribution in [0.25, 0.3) is 0 Å². The molecule has 0 aromatic carbocycles. The summed E-state index contributed by atoms with van der Waals surface area (Å²) in [7, 11) is 0. The fourth-order valence-corrected chi connectivity index (χ4v) is 1.79. The van der Waals surface area contributed by atoms with Gasteiger partial charge < -0.3 is 0 Å². The number of hydrogen-bond donors (Lipinski definition) is 0. The minimum absolute atomic E-state index is 0.154. The summed E-state index contributed by atoms with van der Waals surface area (Å²) in [6, 6.07) is 0. The Morgan fingerprint density at radius 1 is 1.27 bits per heavy atom. The largest absolute Gasteiger partial charge is 0.0654 e. The van der Waals surface area contributed by atoms with Gasteiger partial charge >= 0.3 is 0 Å². The molecule has 0 heteroatoms. The smallest absolute Gasteiger partial charge is 0.0269 e. The van der Waals surface area contributed by atoms with E-state index in [1.807, 2.05) is 0 Å². The minimum atomic E-state index is -1.88. The molecule has 0 bridgehead atoms. The highest BCUT2D eigenvalue weighted by atomic mass is 14.2. The van der Waals surface area contributed by atoms with Crippen molar-refractivity contribution in [2.24, 2.45) is 11.8 Å². The van der Waals surface area contributed by atoms with Gasteiger partial charge in [-0.05, 0) is 18.3 Å². The van der Waals surface area contributed by atoms with Gasteiger partial charge in [0.05, 0.1) is 0 Å². The normalized spacial score (nSPS) is 44.2. The Kier molecular flexibility index (Phi) is 1.66. The lowest BCUT2D eigenvalue weighted by atomic mass is 9.78. The van der Waals surface area contributed by atoms with Gasteiger partial charge in [0.25, 0.3) is 0 Å². The zero-order valence-electron chi connectivity index (χ0n) is 13.5. The molecule has 0 aromatic rings. The average Bonchev–Trinajstić information content (AvgIpc) is 2.15. The van der Waals surface area contributed by atoms with Crippen LogP contribution in [0.2, 0.25) is 0 Å². The molecule has 0 saturated heterocycles. The molecule has 0 heterocycles. The molecule has 1 fully saturated rings. The number of rotatable bonds is 3. The molecule has 0 aliphatic heterocycles. The van der Waals surface area contributed by atoms with Crippen LogP contribution < -0.4 is 0 Å². The molecule has 1 aliphatic carbocycles. The molecular weight excluding hydrogens is 132 g/mol. The maximum Gasteiger partial charge on any atom is 0.0269 e. The van der Waals surface area contributed by atoms with E-state index in [-0.39, 0.29) is 11.8 Å². The van der Waals surface area contributed by atoms with Crippen LogP contribution in [0.4, 0.5) is 0 Å². The van der Waals surface area contributed by atoms with Crippen LogP contribution in [0.15, 0.2) is 0 Å². The SMILES string of the molecule is [2H]C([2H])(C)C1CCCC(C([2H])([2H])C([2H])([2H])C)C1. The van der Waals surface area contributed by atoms with E-state index in [0.717, 1.165) is 12.8 Å². The van der Waals surface area contributed by atoms with Crippen LogP contribution >= 0.6 is 0 Å². The van der Waals surface area contributed by atoms with E-state index in [2.05, 4.69) is 0 Å². The Bertz CT molecular complexity index is 262. The Morgan fingerprint density at radius 2 is 2.00 bits per heavy atom. The van der Waals surface area contributed by atoms with Gasteiger partial charge in [0, 0.05) is 8.22 Å². The van der Waals surface area contributed by atoms with Crippen molar-refractivity contribution in [1.29, 1.82) is 0 Å². The van der Waals surface area contributed by atoms with E-state index in [4.69, 9.17) is 8.22 Å². The van der Waals surface area contributed by atoms with Gasteiger partial charge in [-0.3, -0.25) is 0 Å². The molecule has 0 spiro atoms. The molecule has 0 radical (unpaired) electrons. The predicted molar refractivity (Wildman–Crippen MR) is 50.6 cm³/mol. The third kappa shape index (κ3) is 2.84. The summed E-state index contributed by atoms with van der Waals surface area (Å²) in [6.45, 7) is 2.81. The van der Waals surface area contributed by atoms with Gasteiger partial charge in [-0.25, -0.2) is 0 Å². The van der Waals surface area contributed by atoms with E-state index in [1.54, 1.807) is 0 Å². The van der Waals surface area contributed by atoms with Gasteiger partial charge in [0.15, 0.2) is 0 Å². The second-order valence-corrected chi connectivity index (χ2v) is 3.24. The third-order valence-corrected chi connectivity index (χ3v) is 2.43. The Hall–Kier alpha value is 0. The molecule has 2 atom stereocenters. The van der Waals surface area contributed by atoms with Crippen molar-refractivity contribution in [1.82, 2.24) is 0 Å². The van der Waals surface area contributed by atoms with Crippen LogP contribution in [0, 0.1) is 11.8 Å². The van der Waals surface area contributed by atoms with Crippen LogP contribution in [0.5, 0.6) is 0 Å². The maximum absolute atomic E-state index is 7.94. The summed E-state index contributed by atoms with van der Waals surface area (Å²) in [4.78, 5) is 0. The van der Waals surface area contributed by atoms with Crippen LogP contribution in [-0.4, -0.2) is 0 Å². The molecule has 0 N–H and O–H groups in total. The minimum Gasteiger partial charge on any atom is -0.0654 e. The molecule has 11 heavy (non-hydrogen) atoms. The molecule has 0 nitrogen and oxygen atoms in total. The maximum atomic E-state index is 7.94. The summed E-state index contributed by atoms with van der Waals surface area (Å²) < 4.78 is 46.5. The molecule has 66 valence electrons. The second kappa shape index (κ2) is 4.79. The lowest BCUT2D eigenvalue weighted by molar-refractivity contribution is 0.248. The van der Waals surface area contributed by atoms with Gasteiger partial charge in [-0.2, -0.15) is 0 Å². The fraction of sp³-hybridized carbons (Fsp3) is 1.00. The van der Waals surface area contributed by atoms with E-state index in [0.29, 0.717) is 12.8 Å². The summed E-state index contributed by atoms with van der Waals surface area (Å²) in [5, 5.41) is 0. The Labute approximate surface area is 79.8 Å². The van der Waals surface area contributed by atoms with Gasteiger partial charge in [-0.1, -0.05) is 52.2 Å². The highest BCUT2D eigenvalue weighted by molar-refractivity contribution is 4.71. The molecule has 0 amide bonds. The van der Waals surface area contributed by atoms with Crippen molar-refractivity contribution >= 4 is 0 Å². The fourth-order valence-electron chi connectivity index (χ4n) is 1.79. The zero-order valence-corrected chi connectivity index (χ0v) is 7.48. The van der Waals surface area contributed by atoms with Crippen molar-refractivity contribution in [2.45, 2.75) is 58.6 Å². The molecule has 2 unspecified atom stereocenters. The van der Waals surface area contributed by atoms with E-state index < -0.39 is 19.1 Å². The Balaban J connectivity index is 2.80. The average molecular weight is 160 g/mol. The molecule has 1 aliphatic rings. The van der Waals surface area contributed by atoms with E-state index >= 15 is 0 Å². The second-order valence-electron chi connectivity index (χ2n) is 3.24. The monoisotopic (exact) mass is 160 g/mol. The van der Waals surface area contributed by atoms with Crippen LogP contribution in [0.3, 0.4) is 0 Å². The highest BCUT2D eigenvalue weighted by Gasteiger charge is 2.19. The first-order valence-electron chi connectivity index (χ1n) is 7.46. The molecular formula is C11H22. The lowest BCUT2D eigenvalue weighted by Crippen LogP contribution is -2.14. The quantitative estimate of drug-likeness (QED) is 0.585. The van der Waals surface area contributed by atoms with Gasteiger partial charge in [0.1, 0.15) is 0 Å². The molecule has 1 saturated carbocycles. The van der Waals surface area contributed by atoms with Crippen molar-refractivity contribution in [3.63, 3.8) is 0 Å². The highest BCUT2D eigenvalue weighted by Crippen LogP contribution is 2.33. The van der Waals surface area contributed by atoms with Crippen LogP contribution in [0.1, 0.15) is 66.9 Å².